The minimum atomic E-state index is -1.49. The molecule has 0 saturated heterocycles. The Balaban J connectivity index is -0.000000252. The van der Waals surface area contributed by atoms with Crippen molar-refractivity contribution >= 4 is 95.7 Å². The van der Waals surface area contributed by atoms with E-state index in [0.29, 0.717) is 49.1 Å². The van der Waals surface area contributed by atoms with Gasteiger partial charge in [0.15, 0.2) is 6.29 Å². The number of hydrogen-bond donors (Lipinski definition) is 5. The minimum Gasteiger partial charge on any atom is -0.462 e. The lowest BCUT2D eigenvalue weighted by atomic mass is 9.90. The first-order valence-electron chi connectivity index (χ1n) is 31.6. The van der Waals surface area contributed by atoms with Crippen LogP contribution in [0.1, 0.15) is 74.7 Å². The highest BCUT2D eigenvalue weighted by atomic mass is 28.2. The van der Waals surface area contributed by atoms with E-state index >= 15 is 0 Å². The number of nitrogens with one attached hydrogen (secondary N) is 3. The zero-order valence-electron chi connectivity index (χ0n) is 56.4. The number of ether oxygens (including phenoxy) is 12. The van der Waals surface area contributed by atoms with Crippen LogP contribution in [0.5, 0.6) is 0 Å². The van der Waals surface area contributed by atoms with Crippen molar-refractivity contribution in [2.24, 2.45) is 16.6 Å². The van der Waals surface area contributed by atoms with Gasteiger partial charge in [-0.05, 0) is 44.7 Å². The van der Waals surface area contributed by atoms with Crippen molar-refractivity contribution in [2.45, 2.75) is 142 Å². The molecular weight excluding hydrogens is 1290 g/mol. The summed E-state index contributed by atoms with van der Waals surface area (Å²) in [4.78, 5) is 94.2. The summed E-state index contributed by atoms with van der Waals surface area (Å²) in [6.07, 6.45) is 9.03. The normalized spacial score (nSPS) is 11.0. The van der Waals surface area contributed by atoms with Gasteiger partial charge in [0.1, 0.15) is 52.9 Å². The highest BCUT2D eigenvalue weighted by Gasteiger charge is 2.40. The van der Waals surface area contributed by atoms with Crippen molar-refractivity contribution in [2.75, 3.05) is 126 Å². The second-order valence-electron chi connectivity index (χ2n) is 20.4. The molecule has 0 aromatic heterocycles. The number of esters is 5. The maximum atomic E-state index is 12.5. The van der Waals surface area contributed by atoms with Crippen LogP contribution >= 0.6 is 0 Å². The maximum Gasteiger partial charge on any atom is 0.407 e. The first-order valence-corrected chi connectivity index (χ1v) is 42.1. The van der Waals surface area contributed by atoms with E-state index in [9.17, 15) is 38.4 Å². The number of nitrogens with two attached hydrogens (primary N) is 1. The average molecular weight is 1420 g/mol. The molecule has 25 nitrogen and oxygen atoms in total. The number of methoxy groups -OCH3 is 2. The van der Waals surface area contributed by atoms with E-state index in [4.69, 9.17) is 67.7 Å². The second-order valence-corrected chi connectivity index (χ2v) is 31.8. The van der Waals surface area contributed by atoms with Gasteiger partial charge in [0.2, 0.25) is 0 Å². The Kier molecular flexibility index (Phi) is 83.8. The molecule has 0 aliphatic carbocycles. The summed E-state index contributed by atoms with van der Waals surface area (Å²) >= 11 is 0. The number of carbonyl (C=O) groups excluding carboxylic acids is 8. The molecule has 0 bridgehead atoms. The highest BCUT2D eigenvalue weighted by Crippen LogP contribution is 2.26. The largest absolute Gasteiger partial charge is 0.462 e. The van der Waals surface area contributed by atoms with Gasteiger partial charge in [0.25, 0.3) is 0 Å². The fraction of sp³-hybridized carbons (Fsp3) is 0.683. The summed E-state index contributed by atoms with van der Waals surface area (Å²) in [5.74, 6) is -4.11. The molecule has 0 aliphatic rings. The van der Waals surface area contributed by atoms with Crippen molar-refractivity contribution in [1.82, 2.24) is 16.0 Å². The molecule has 0 radical (unpaired) electrons. The lowest BCUT2D eigenvalue weighted by Gasteiger charge is -2.35. The number of aliphatic hydroxyl groups is 1. The molecule has 6 N–H and O–H groups in total. The van der Waals surface area contributed by atoms with E-state index < -0.39 is 106 Å². The molecule has 93 heavy (non-hydrogen) atoms. The lowest BCUT2D eigenvalue weighted by Crippen LogP contribution is -2.47. The van der Waals surface area contributed by atoms with Crippen LogP contribution in [0.15, 0.2) is 75.9 Å². The predicted octanol–water partition coefficient (Wildman–Crippen LogP) is 5.48. The Morgan fingerprint density at radius 3 is 1.01 bits per heavy atom. The van der Waals surface area contributed by atoms with Gasteiger partial charge < -0.3 is 83.6 Å². The quantitative estimate of drug-likeness (QED) is 0.00957. The predicted molar refractivity (Wildman–Crippen MR) is 386 cm³/mol. The first-order chi connectivity index (χ1) is 43.8. The van der Waals surface area contributed by atoms with Gasteiger partial charge in [0, 0.05) is 118 Å². The Bertz CT molecular complexity index is 1810. The van der Waals surface area contributed by atoms with E-state index in [-0.39, 0.29) is 65.1 Å². The second kappa shape index (κ2) is 77.2. The number of hydrogen-bond acceptors (Lipinski definition) is 22. The lowest BCUT2D eigenvalue weighted by molar-refractivity contribution is -0.167. The topological polar surface area (TPSA) is 330 Å². The third-order valence-corrected chi connectivity index (χ3v) is 20.0. The SMILES string of the molecule is C.C.C=CC(=O)OCC(COCC(COC(=O)C=C)(COC(=O)C=C)COC(=O)NCCC[SiH2]CC)(COC(=O)C=C)COC(=O)C=C.C=CC(O)OCCC[SiH2]C.CC[SiH2]CCCN.CC[SiH2]CCCNC(=O)OCCOC.CC[SiH2]CCCNC(=O)OCCOC. The van der Waals surface area contributed by atoms with Gasteiger partial charge >= 0.3 is 48.1 Å². The zero-order chi connectivity index (χ0) is 69.5. The molecule has 1 unspecified atom stereocenters. The zero-order valence-corrected chi connectivity index (χ0v) is 63.5. The number of carbonyl (C=O) groups is 8. The van der Waals surface area contributed by atoms with Crippen LogP contribution in [-0.4, -0.2) is 233 Å². The third-order valence-electron chi connectivity index (χ3n) is 12.0. The molecule has 0 saturated carbocycles. The number of rotatable bonds is 52. The van der Waals surface area contributed by atoms with Crippen LogP contribution in [-0.2, 0) is 80.8 Å². The molecule has 0 fully saturated rings. The Labute approximate surface area is 570 Å². The van der Waals surface area contributed by atoms with Crippen molar-refractivity contribution in [3.63, 3.8) is 0 Å². The Morgan fingerprint density at radius 1 is 0.441 bits per heavy atom. The molecule has 0 aromatic carbocycles. The van der Waals surface area contributed by atoms with Crippen LogP contribution in [0.3, 0.4) is 0 Å². The fourth-order valence-corrected chi connectivity index (χ4v) is 11.8. The van der Waals surface area contributed by atoms with Crippen molar-refractivity contribution < 1.29 is 100 Å². The average Bonchev–Trinajstić information content (AvgIpc) is 3.27. The van der Waals surface area contributed by atoms with Gasteiger partial charge in [-0.3, -0.25) is 0 Å². The van der Waals surface area contributed by atoms with E-state index in [1.807, 2.05) is 0 Å². The van der Waals surface area contributed by atoms with Gasteiger partial charge in [-0.1, -0.05) is 143 Å². The van der Waals surface area contributed by atoms with E-state index in [1.165, 1.54) is 54.8 Å². The summed E-state index contributed by atoms with van der Waals surface area (Å²) in [7, 11) is 3.79. The molecule has 0 heterocycles. The summed E-state index contributed by atoms with van der Waals surface area (Å²) in [5.41, 5.74) is 2.32. The summed E-state index contributed by atoms with van der Waals surface area (Å²) in [6.45, 7) is 32.6. The van der Waals surface area contributed by atoms with Crippen LogP contribution in [0.25, 0.3) is 0 Å². The van der Waals surface area contributed by atoms with Crippen molar-refractivity contribution in [1.29, 1.82) is 0 Å². The Morgan fingerprint density at radius 2 is 0.742 bits per heavy atom. The van der Waals surface area contributed by atoms with E-state index in [2.05, 4.69) is 89.7 Å². The number of alkyl carbamates (subject to hydrolysis) is 3. The standard InChI is InChI=1S/C31H45NO13Si.2C9H21NO3Si.C7H16O2Si.C5H15NSi.2CH4/c1-7-24(33)40-18-30(19-41-25(34)8-2,20-42-26(35)9-3)16-39-17-31(21-43-27(36)10-4,22-44-28(37)11-5)23-45-29(38)32-14-13-15-46-12-6;2*1-3-14-8-4-5-10-9(11)13-7-6-12-2;1-3-7(8)9-5-4-6-10-2;1-2-7-5-3-4-6;;/h7-11H,1-5,12-23,46H2,6H3,(H,32,38);2*3-8,14H2,1-2H3,(H,10,11);3,7-8H,1,4-6,10H2,2H3;2-7H2,1H3;2*1H4. The monoisotopic (exact) mass is 1410 g/mol. The number of amides is 3. The molecule has 0 aromatic rings. The van der Waals surface area contributed by atoms with Crippen LogP contribution in [0.4, 0.5) is 14.4 Å². The molecule has 544 valence electrons. The van der Waals surface area contributed by atoms with Gasteiger partial charge in [-0.15, -0.1) is 0 Å². The smallest absolute Gasteiger partial charge is 0.407 e. The molecule has 0 aliphatic heterocycles. The summed E-state index contributed by atoms with van der Waals surface area (Å²) < 4.78 is 61.5. The summed E-state index contributed by atoms with van der Waals surface area (Å²) in [6, 6.07) is 11.7. The first kappa shape index (κ1) is 101. The van der Waals surface area contributed by atoms with Crippen molar-refractivity contribution in [3.8, 4) is 0 Å². The third kappa shape index (κ3) is 73.7. The highest BCUT2D eigenvalue weighted by molar-refractivity contribution is 6.36. The van der Waals surface area contributed by atoms with Gasteiger partial charge in [-0.25, -0.2) is 38.4 Å². The van der Waals surface area contributed by atoms with E-state index in [1.54, 1.807) is 14.2 Å². The molecule has 1 atom stereocenters. The molecule has 3 amide bonds. The minimum absolute atomic E-state index is 0. The van der Waals surface area contributed by atoms with Crippen LogP contribution in [0, 0.1) is 10.8 Å². The molecular formula is C63H126N4O21Si5. The van der Waals surface area contributed by atoms with E-state index in [0.717, 1.165) is 87.8 Å². The molecule has 0 spiro atoms. The molecule has 0 rings (SSSR count). The van der Waals surface area contributed by atoms with Crippen molar-refractivity contribution in [3.05, 3.63) is 75.9 Å². The van der Waals surface area contributed by atoms with Crippen LogP contribution in [0.2, 0.25) is 60.9 Å². The molecule has 30 heteroatoms. The maximum absolute atomic E-state index is 12.5. The summed E-state index contributed by atoms with van der Waals surface area (Å²) in [5, 5.41) is 16.9. The number of aliphatic hydroxyl groups excluding tert-OH is 1. The van der Waals surface area contributed by atoms with Gasteiger partial charge in [0.05, 0.1) is 37.3 Å². The van der Waals surface area contributed by atoms with Crippen LogP contribution < -0.4 is 21.7 Å². The Hall–Kier alpha value is -5.56. The fourth-order valence-electron chi connectivity index (χ4n) is 6.63. The van der Waals surface area contributed by atoms with Gasteiger partial charge in [-0.2, -0.15) is 0 Å².